The summed E-state index contributed by atoms with van der Waals surface area (Å²) in [6, 6.07) is 5.51. The van der Waals surface area contributed by atoms with E-state index >= 15 is 0 Å². The molecule has 32 heavy (non-hydrogen) atoms. The molecular weight excluding hydrogens is 428 g/mol. The van der Waals surface area contributed by atoms with Gasteiger partial charge in [-0.15, -0.1) is 0 Å². The van der Waals surface area contributed by atoms with Crippen molar-refractivity contribution in [3.8, 4) is 40.1 Å². The third-order valence-electron chi connectivity index (χ3n) is 5.20. The SMILES string of the molecule is C[C@@H]1O[C@H](Oc2c(-c3ccc(O)c(O)c3)oc3cc(O)cc(O)c3c2=O)[C@@H](O)[C@@H](O)[C@@H]1O. The summed E-state index contributed by atoms with van der Waals surface area (Å²) in [5.74, 6) is -2.80. The molecule has 0 spiro atoms. The van der Waals surface area contributed by atoms with Crippen LogP contribution in [0.3, 0.4) is 0 Å². The molecule has 11 nitrogen and oxygen atoms in total. The van der Waals surface area contributed by atoms with Gasteiger partial charge in [-0.25, -0.2) is 0 Å². The Labute approximate surface area is 179 Å². The molecule has 170 valence electrons. The van der Waals surface area contributed by atoms with E-state index in [0.29, 0.717) is 0 Å². The molecule has 1 saturated heterocycles. The molecule has 4 rings (SSSR count). The topological polar surface area (TPSA) is 190 Å². The van der Waals surface area contributed by atoms with Crippen molar-refractivity contribution in [1.82, 2.24) is 0 Å². The zero-order valence-corrected chi connectivity index (χ0v) is 16.5. The van der Waals surface area contributed by atoms with Crippen LogP contribution in [0.1, 0.15) is 6.92 Å². The Bertz CT molecular complexity index is 1230. The predicted molar refractivity (Wildman–Crippen MR) is 108 cm³/mol. The average molecular weight is 448 g/mol. The summed E-state index contributed by atoms with van der Waals surface area (Å²) in [5.41, 5.74) is -1.05. The van der Waals surface area contributed by atoms with Crippen molar-refractivity contribution in [2.45, 2.75) is 37.6 Å². The van der Waals surface area contributed by atoms with E-state index in [9.17, 15) is 40.5 Å². The zero-order chi connectivity index (χ0) is 23.3. The van der Waals surface area contributed by atoms with Crippen molar-refractivity contribution in [2.75, 3.05) is 0 Å². The number of fused-ring (bicyclic) bond motifs is 1. The van der Waals surface area contributed by atoms with E-state index in [2.05, 4.69) is 0 Å². The highest BCUT2D eigenvalue weighted by Crippen LogP contribution is 2.39. The lowest BCUT2D eigenvalue weighted by molar-refractivity contribution is -0.268. The van der Waals surface area contributed by atoms with E-state index in [1.54, 1.807) is 0 Å². The van der Waals surface area contributed by atoms with Crippen LogP contribution in [0.5, 0.6) is 28.7 Å². The van der Waals surface area contributed by atoms with Crippen molar-refractivity contribution >= 4 is 11.0 Å². The Hall–Kier alpha value is -3.51. The smallest absolute Gasteiger partial charge is 0.239 e. The first kappa shape index (κ1) is 21.7. The van der Waals surface area contributed by atoms with Gasteiger partial charge in [0.05, 0.1) is 6.10 Å². The molecule has 1 fully saturated rings. The molecular formula is C21H20O11. The highest BCUT2D eigenvalue weighted by atomic mass is 16.7. The fraction of sp³-hybridized carbons (Fsp3) is 0.286. The Morgan fingerprint density at radius 1 is 0.875 bits per heavy atom. The van der Waals surface area contributed by atoms with Crippen LogP contribution < -0.4 is 10.2 Å². The molecule has 0 saturated carbocycles. The molecule has 1 aliphatic rings. The molecule has 1 aliphatic heterocycles. The number of rotatable bonds is 3. The quantitative estimate of drug-likeness (QED) is 0.276. The molecule has 3 aromatic rings. The second-order valence-electron chi connectivity index (χ2n) is 7.43. The van der Waals surface area contributed by atoms with Crippen LogP contribution >= 0.6 is 0 Å². The minimum Gasteiger partial charge on any atom is -0.508 e. The number of aromatic hydroxyl groups is 4. The summed E-state index contributed by atoms with van der Waals surface area (Å²) in [4.78, 5) is 13.2. The van der Waals surface area contributed by atoms with Crippen LogP contribution in [0.25, 0.3) is 22.3 Å². The highest BCUT2D eigenvalue weighted by Gasteiger charge is 2.44. The Morgan fingerprint density at radius 3 is 2.28 bits per heavy atom. The van der Waals surface area contributed by atoms with Gasteiger partial charge in [0.25, 0.3) is 0 Å². The van der Waals surface area contributed by atoms with Crippen molar-refractivity contribution < 1.29 is 49.6 Å². The maximum atomic E-state index is 13.2. The fourth-order valence-corrected chi connectivity index (χ4v) is 3.46. The number of phenolic OH excluding ortho intramolecular Hbond substituents is 4. The van der Waals surface area contributed by atoms with Crippen LogP contribution in [-0.4, -0.2) is 66.5 Å². The molecule has 5 atom stereocenters. The summed E-state index contributed by atoms with van der Waals surface area (Å²) in [6.07, 6.45) is -7.35. The standard InChI is InChI=1S/C21H20O11/c1-7-15(26)17(28)18(29)21(30-7)32-20-16(27)14-12(25)5-9(22)6-13(14)31-19(20)8-2-3-10(23)11(24)4-8/h2-7,15,17-18,21-26,28-29H,1H3/t7-,15+,17-,18-,21+/m0/s1. The molecule has 0 radical (unpaired) electrons. The van der Waals surface area contributed by atoms with Gasteiger partial charge in [0, 0.05) is 17.7 Å². The first-order chi connectivity index (χ1) is 15.1. The summed E-state index contributed by atoms with van der Waals surface area (Å²) in [5, 5.41) is 69.2. The third kappa shape index (κ3) is 3.56. The molecule has 7 N–H and O–H groups in total. The van der Waals surface area contributed by atoms with E-state index in [4.69, 9.17) is 13.9 Å². The van der Waals surface area contributed by atoms with Gasteiger partial charge in [-0.05, 0) is 25.1 Å². The van der Waals surface area contributed by atoms with Gasteiger partial charge in [-0.2, -0.15) is 0 Å². The van der Waals surface area contributed by atoms with Crippen LogP contribution in [-0.2, 0) is 4.74 Å². The van der Waals surface area contributed by atoms with Gasteiger partial charge < -0.3 is 49.6 Å². The second kappa shape index (κ2) is 7.88. The Kier molecular flexibility index (Phi) is 5.34. The largest absolute Gasteiger partial charge is 0.508 e. The van der Waals surface area contributed by atoms with E-state index in [-0.39, 0.29) is 28.0 Å². The second-order valence-corrected chi connectivity index (χ2v) is 7.43. The molecule has 11 heteroatoms. The zero-order valence-electron chi connectivity index (χ0n) is 16.5. The molecule has 1 aromatic heterocycles. The predicted octanol–water partition coefficient (Wildman–Crippen LogP) is 0.489. The van der Waals surface area contributed by atoms with Crippen molar-refractivity contribution in [3.63, 3.8) is 0 Å². The van der Waals surface area contributed by atoms with E-state index in [1.165, 1.54) is 13.0 Å². The Balaban J connectivity index is 1.92. The van der Waals surface area contributed by atoms with Crippen molar-refractivity contribution in [1.29, 1.82) is 0 Å². The van der Waals surface area contributed by atoms with E-state index in [0.717, 1.165) is 24.3 Å². The summed E-state index contributed by atoms with van der Waals surface area (Å²) in [6.45, 7) is 1.42. The normalized spacial score (nSPS) is 25.7. The molecule has 0 unspecified atom stereocenters. The van der Waals surface area contributed by atoms with Gasteiger partial charge in [0.2, 0.25) is 17.5 Å². The number of phenols is 4. The number of aliphatic hydroxyl groups is 3. The van der Waals surface area contributed by atoms with Gasteiger partial charge in [-0.3, -0.25) is 4.79 Å². The number of hydrogen-bond acceptors (Lipinski definition) is 11. The van der Waals surface area contributed by atoms with Crippen LogP contribution in [0.15, 0.2) is 39.5 Å². The highest BCUT2D eigenvalue weighted by molar-refractivity contribution is 5.88. The van der Waals surface area contributed by atoms with Crippen LogP contribution in [0.2, 0.25) is 0 Å². The number of ether oxygens (including phenoxy) is 2. The maximum Gasteiger partial charge on any atom is 0.239 e. The molecule has 0 bridgehead atoms. The van der Waals surface area contributed by atoms with Gasteiger partial charge in [0.1, 0.15) is 40.8 Å². The molecule has 0 aliphatic carbocycles. The van der Waals surface area contributed by atoms with Crippen molar-refractivity contribution in [2.24, 2.45) is 0 Å². The Morgan fingerprint density at radius 2 is 1.59 bits per heavy atom. The van der Waals surface area contributed by atoms with Gasteiger partial charge in [0.15, 0.2) is 17.3 Å². The minimum absolute atomic E-state index is 0.0658. The van der Waals surface area contributed by atoms with Crippen LogP contribution in [0, 0.1) is 0 Å². The monoisotopic (exact) mass is 448 g/mol. The number of aliphatic hydroxyl groups excluding tert-OH is 3. The maximum absolute atomic E-state index is 13.2. The first-order valence-corrected chi connectivity index (χ1v) is 9.50. The van der Waals surface area contributed by atoms with Crippen LogP contribution in [0.4, 0.5) is 0 Å². The summed E-state index contributed by atoms with van der Waals surface area (Å²) in [7, 11) is 0. The lowest BCUT2D eigenvalue weighted by atomic mass is 10.00. The molecule has 2 aromatic carbocycles. The molecule has 2 heterocycles. The summed E-state index contributed by atoms with van der Waals surface area (Å²) >= 11 is 0. The van der Waals surface area contributed by atoms with Crippen molar-refractivity contribution in [3.05, 3.63) is 40.6 Å². The number of hydrogen-bond donors (Lipinski definition) is 7. The van der Waals surface area contributed by atoms with Gasteiger partial charge in [-0.1, -0.05) is 0 Å². The van der Waals surface area contributed by atoms with E-state index < -0.39 is 59.1 Å². The average Bonchev–Trinajstić information content (AvgIpc) is 2.73. The first-order valence-electron chi connectivity index (χ1n) is 9.50. The number of benzene rings is 2. The lowest BCUT2D eigenvalue weighted by Gasteiger charge is -2.38. The lowest BCUT2D eigenvalue weighted by Crippen LogP contribution is -2.58. The van der Waals surface area contributed by atoms with E-state index in [1.807, 2.05) is 0 Å². The molecule has 0 amide bonds. The minimum atomic E-state index is -1.74. The summed E-state index contributed by atoms with van der Waals surface area (Å²) < 4.78 is 16.6. The third-order valence-corrected chi connectivity index (χ3v) is 5.20. The fourth-order valence-electron chi connectivity index (χ4n) is 3.46. The van der Waals surface area contributed by atoms with Gasteiger partial charge >= 0.3 is 0 Å².